The van der Waals surface area contributed by atoms with E-state index in [2.05, 4.69) is 16.2 Å². The van der Waals surface area contributed by atoms with Crippen molar-refractivity contribution in [2.24, 2.45) is 0 Å². The van der Waals surface area contributed by atoms with Gasteiger partial charge in [-0.1, -0.05) is 23.8 Å². The average Bonchev–Trinajstić information content (AvgIpc) is 3.64. The number of piperazine rings is 1. The molecule has 0 radical (unpaired) electrons. The fraction of sp³-hybridized carbons (Fsp3) is 0.607. The summed E-state index contributed by atoms with van der Waals surface area (Å²) in [6.45, 7) is 13.8. The van der Waals surface area contributed by atoms with Gasteiger partial charge in [-0.3, -0.25) is 14.5 Å². The van der Waals surface area contributed by atoms with E-state index >= 15 is 0 Å². The number of hydrogen-bond donors (Lipinski definition) is 1. The van der Waals surface area contributed by atoms with E-state index in [4.69, 9.17) is 11.3 Å². The number of carbonyl (C=O) groups excluding carboxylic acids is 3. The molecule has 1 aliphatic carbocycles. The SMILES string of the molecule is [C-]#[N+]c1ccc2c(c1)CC[C@@H]2N1C(=O)[C@@H]2C[C@H]1CN2C[C@H](NC(=O)OC(C)(C)C)C(=O)N1CCC[C@H]1C#N. The van der Waals surface area contributed by atoms with E-state index in [1.807, 2.05) is 28.0 Å². The van der Waals surface area contributed by atoms with Crippen molar-refractivity contribution in [2.75, 3.05) is 19.6 Å². The van der Waals surface area contributed by atoms with Crippen LogP contribution in [0, 0.1) is 17.9 Å². The molecule has 10 nitrogen and oxygen atoms in total. The smallest absolute Gasteiger partial charge is 0.408 e. The molecule has 3 fully saturated rings. The number of likely N-dealkylation sites (tertiary alicyclic amines) is 3. The normalized spacial score (nSPS) is 27.1. The third-order valence-electron chi connectivity index (χ3n) is 8.04. The number of alkyl carbamates (subject to hydrolysis) is 1. The van der Waals surface area contributed by atoms with Gasteiger partial charge in [0.1, 0.15) is 17.7 Å². The third kappa shape index (κ3) is 4.81. The van der Waals surface area contributed by atoms with Gasteiger partial charge in [-0.05, 0) is 58.4 Å². The molecular weight excluding hydrogens is 484 g/mol. The van der Waals surface area contributed by atoms with Crippen LogP contribution in [0.15, 0.2) is 18.2 Å². The van der Waals surface area contributed by atoms with Gasteiger partial charge >= 0.3 is 6.09 Å². The Labute approximate surface area is 223 Å². The highest BCUT2D eigenvalue weighted by atomic mass is 16.6. The summed E-state index contributed by atoms with van der Waals surface area (Å²) in [6, 6.07) is 6.18. The molecule has 10 heteroatoms. The Morgan fingerprint density at radius 3 is 2.76 bits per heavy atom. The molecule has 0 aromatic heterocycles. The van der Waals surface area contributed by atoms with Crippen LogP contribution in [-0.4, -0.2) is 82.0 Å². The molecule has 1 N–H and O–H groups in total. The maximum Gasteiger partial charge on any atom is 0.408 e. The second-order valence-corrected chi connectivity index (χ2v) is 11.7. The number of carbonyl (C=O) groups is 3. The molecule has 1 aromatic rings. The lowest BCUT2D eigenvalue weighted by Gasteiger charge is -2.39. The highest BCUT2D eigenvalue weighted by Gasteiger charge is 2.53. The Morgan fingerprint density at radius 2 is 2.08 bits per heavy atom. The van der Waals surface area contributed by atoms with Crippen molar-refractivity contribution in [1.29, 1.82) is 5.26 Å². The van der Waals surface area contributed by atoms with Gasteiger partial charge in [-0.15, -0.1) is 0 Å². The highest BCUT2D eigenvalue weighted by molar-refractivity contribution is 5.88. The Hall–Kier alpha value is -3.63. The Bertz CT molecular complexity index is 1230. The first-order valence-corrected chi connectivity index (χ1v) is 13.4. The van der Waals surface area contributed by atoms with Crippen LogP contribution in [0.25, 0.3) is 4.85 Å². The molecule has 3 aliphatic heterocycles. The van der Waals surface area contributed by atoms with E-state index in [9.17, 15) is 19.6 Å². The third-order valence-corrected chi connectivity index (χ3v) is 8.04. The number of rotatable bonds is 5. The lowest BCUT2D eigenvalue weighted by molar-refractivity contribution is -0.141. The van der Waals surface area contributed by atoms with Crippen molar-refractivity contribution in [1.82, 2.24) is 20.0 Å². The molecule has 4 aliphatic rings. The van der Waals surface area contributed by atoms with Crippen molar-refractivity contribution < 1.29 is 19.1 Å². The molecule has 0 saturated carbocycles. The van der Waals surface area contributed by atoms with Crippen LogP contribution in [0.1, 0.15) is 63.6 Å². The van der Waals surface area contributed by atoms with E-state index in [1.54, 1.807) is 20.8 Å². The Morgan fingerprint density at radius 1 is 1.29 bits per heavy atom. The summed E-state index contributed by atoms with van der Waals surface area (Å²) in [5, 5.41) is 12.2. The Kier molecular flexibility index (Phi) is 6.79. The van der Waals surface area contributed by atoms with Gasteiger partial charge in [0, 0.05) is 25.7 Å². The lowest BCUT2D eigenvalue weighted by atomic mass is 10.0. The standard InChI is InChI=1S/C28H34N6O4/c1-28(2,3)38-27(37)31-22(25(35)33-11-5-6-19(33)14-29)16-32-15-20-13-24(32)26(36)34(20)23-10-7-17-12-18(30-4)8-9-21(17)23/h8-9,12,19-20,22-24H,5-7,10-11,13,15-16H2,1-3H3,(H,31,37)/t19-,20-,22-,23-,24-/m0/s1. The summed E-state index contributed by atoms with van der Waals surface area (Å²) in [7, 11) is 0. The minimum atomic E-state index is -0.918. The minimum Gasteiger partial charge on any atom is -0.444 e. The second kappa shape index (κ2) is 9.92. The van der Waals surface area contributed by atoms with Crippen LogP contribution >= 0.6 is 0 Å². The number of fused-ring (bicyclic) bond motifs is 3. The van der Waals surface area contributed by atoms with E-state index in [0.717, 1.165) is 30.4 Å². The summed E-state index contributed by atoms with van der Waals surface area (Å²) in [5.41, 5.74) is 2.16. The topological polar surface area (TPSA) is 110 Å². The zero-order valence-electron chi connectivity index (χ0n) is 22.1. The van der Waals surface area contributed by atoms with Crippen LogP contribution in [0.4, 0.5) is 10.5 Å². The molecule has 2 bridgehead atoms. The molecule has 1 aromatic carbocycles. The summed E-state index contributed by atoms with van der Waals surface area (Å²) in [5.74, 6) is -0.264. The van der Waals surface area contributed by atoms with E-state index < -0.39 is 23.8 Å². The highest BCUT2D eigenvalue weighted by Crippen LogP contribution is 2.44. The number of hydrogen-bond acceptors (Lipinski definition) is 6. The van der Waals surface area contributed by atoms with Gasteiger partial charge < -0.3 is 19.9 Å². The van der Waals surface area contributed by atoms with Crippen molar-refractivity contribution in [3.63, 3.8) is 0 Å². The van der Waals surface area contributed by atoms with Crippen LogP contribution < -0.4 is 5.32 Å². The monoisotopic (exact) mass is 518 g/mol. The first-order chi connectivity index (χ1) is 18.1. The summed E-state index contributed by atoms with van der Waals surface area (Å²) in [4.78, 5) is 48.8. The van der Waals surface area contributed by atoms with Gasteiger partial charge in [0.05, 0.1) is 24.7 Å². The minimum absolute atomic E-state index is 0.00716. The maximum absolute atomic E-state index is 13.6. The molecule has 3 amide bonds. The average molecular weight is 519 g/mol. The van der Waals surface area contributed by atoms with Gasteiger partial charge in [-0.2, -0.15) is 5.26 Å². The van der Waals surface area contributed by atoms with E-state index in [0.29, 0.717) is 31.6 Å². The van der Waals surface area contributed by atoms with Gasteiger partial charge in [0.15, 0.2) is 5.69 Å². The van der Waals surface area contributed by atoms with Crippen LogP contribution in [0.5, 0.6) is 0 Å². The number of aryl methyl sites for hydroxylation is 1. The molecule has 0 spiro atoms. The zero-order chi connectivity index (χ0) is 27.2. The zero-order valence-corrected chi connectivity index (χ0v) is 22.1. The molecule has 5 atom stereocenters. The predicted molar refractivity (Wildman–Crippen MR) is 138 cm³/mol. The summed E-state index contributed by atoms with van der Waals surface area (Å²) >= 11 is 0. The van der Waals surface area contributed by atoms with Crippen molar-refractivity contribution >= 4 is 23.6 Å². The second-order valence-electron chi connectivity index (χ2n) is 11.7. The molecule has 200 valence electrons. The number of nitriles is 1. The molecular formula is C28H34N6O4. The summed E-state index contributed by atoms with van der Waals surface area (Å²) in [6.07, 6.45) is 3.04. The maximum atomic E-state index is 13.6. The quantitative estimate of drug-likeness (QED) is 0.600. The lowest BCUT2D eigenvalue weighted by Crippen LogP contribution is -2.59. The first-order valence-electron chi connectivity index (χ1n) is 13.4. The fourth-order valence-electron chi connectivity index (χ4n) is 6.47. The van der Waals surface area contributed by atoms with Crippen molar-refractivity contribution in [3.8, 4) is 6.07 Å². The summed E-state index contributed by atoms with van der Waals surface area (Å²) < 4.78 is 5.42. The van der Waals surface area contributed by atoms with Crippen molar-refractivity contribution in [2.45, 2.75) is 88.7 Å². The van der Waals surface area contributed by atoms with Crippen LogP contribution in [0.2, 0.25) is 0 Å². The van der Waals surface area contributed by atoms with Crippen LogP contribution in [0.3, 0.4) is 0 Å². The predicted octanol–water partition coefficient (Wildman–Crippen LogP) is 2.92. The number of nitrogens with one attached hydrogen (secondary N) is 1. The Balaban J connectivity index is 1.31. The molecule has 38 heavy (non-hydrogen) atoms. The van der Waals surface area contributed by atoms with Gasteiger partial charge in [0.25, 0.3) is 0 Å². The number of ether oxygens (including phenoxy) is 1. The first kappa shape index (κ1) is 26.0. The van der Waals surface area contributed by atoms with E-state index in [1.165, 1.54) is 4.90 Å². The molecule has 0 unspecified atom stereocenters. The van der Waals surface area contributed by atoms with Crippen molar-refractivity contribution in [3.05, 3.63) is 40.7 Å². The fourth-order valence-corrected chi connectivity index (χ4v) is 6.47. The largest absolute Gasteiger partial charge is 0.444 e. The number of nitrogens with zero attached hydrogens (tertiary/aromatic N) is 5. The van der Waals surface area contributed by atoms with Gasteiger partial charge in [0.2, 0.25) is 11.8 Å². The number of amides is 3. The molecule has 3 heterocycles. The number of benzene rings is 1. The van der Waals surface area contributed by atoms with Gasteiger partial charge in [-0.25, -0.2) is 9.64 Å². The van der Waals surface area contributed by atoms with Crippen LogP contribution in [-0.2, 0) is 20.7 Å². The molecule has 3 saturated heterocycles. The van der Waals surface area contributed by atoms with E-state index in [-0.39, 0.29) is 36.5 Å². The molecule has 5 rings (SSSR count).